The number of carbonyl (C=O) groups is 1. The fourth-order valence-corrected chi connectivity index (χ4v) is 2.04. The maximum Gasteiger partial charge on any atom is 0.260 e. The van der Waals surface area contributed by atoms with Crippen LogP contribution in [0.5, 0.6) is 0 Å². The minimum absolute atomic E-state index is 0.153. The predicted molar refractivity (Wildman–Crippen MR) is 64.9 cm³/mol. The molecular formula is C11H11N3O2S. The van der Waals surface area contributed by atoms with Gasteiger partial charge in [0, 0.05) is 23.2 Å². The first-order valence-electron chi connectivity index (χ1n) is 4.89. The van der Waals surface area contributed by atoms with E-state index in [0.717, 1.165) is 4.90 Å². The van der Waals surface area contributed by atoms with E-state index in [9.17, 15) is 4.79 Å². The standard InChI is InChI=1S/C11H11N3O2S/c1-13-10(15)7-2-3-8(12)9(6-7)17-11-14-4-5-16-11/h2-6H,12H2,1H3,(H,13,15). The third-order valence-corrected chi connectivity index (χ3v) is 3.06. The van der Waals surface area contributed by atoms with Crippen LogP contribution in [0.1, 0.15) is 10.4 Å². The first-order valence-corrected chi connectivity index (χ1v) is 5.71. The lowest BCUT2D eigenvalue weighted by atomic mass is 10.2. The van der Waals surface area contributed by atoms with E-state index in [0.29, 0.717) is 16.5 Å². The van der Waals surface area contributed by atoms with Gasteiger partial charge in [-0.25, -0.2) is 4.98 Å². The number of hydrogen-bond acceptors (Lipinski definition) is 5. The first kappa shape index (κ1) is 11.5. The topological polar surface area (TPSA) is 81.2 Å². The highest BCUT2D eigenvalue weighted by Gasteiger charge is 2.09. The molecule has 5 nitrogen and oxygen atoms in total. The van der Waals surface area contributed by atoms with Crippen molar-refractivity contribution in [3.8, 4) is 0 Å². The molecule has 6 heteroatoms. The summed E-state index contributed by atoms with van der Waals surface area (Å²) >= 11 is 1.28. The van der Waals surface area contributed by atoms with Crippen molar-refractivity contribution in [1.29, 1.82) is 0 Å². The molecule has 0 unspecified atom stereocenters. The van der Waals surface area contributed by atoms with Crippen LogP contribution in [0.25, 0.3) is 0 Å². The molecule has 0 radical (unpaired) electrons. The lowest BCUT2D eigenvalue weighted by molar-refractivity contribution is 0.0963. The fourth-order valence-electron chi connectivity index (χ4n) is 1.26. The van der Waals surface area contributed by atoms with Crippen LogP contribution < -0.4 is 11.1 Å². The quantitative estimate of drug-likeness (QED) is 0.810. The number of nitrogen functional groups attached to an aromatic ring is 1. The van der Waals surface area contributed by atoms with Gasteiger partial charge in [-0.05, 0) is 30.0 Å². The van der Waals surface area contributed by atoms with Crippen molar-refractivity contribution in [2.45, 2.75) is 10.1 Å². The Bertz CT molecular complexity index is 526. The summed E-state index contributed by atoms with van der Waals surface area (Å²) in [6, 6.07) is 5.08. The van der Waals surface area contributed by atoms with Crippen LogP contribution in [-0.2, 0) is 0 Å². The molecule has 1 heterocycles. The molecule has 0 aliphatic carbocycles. The average Bonchev–Trinajstić information content (AvgIpc) is 2.84. The van der Waals surface area contributed by atoms with Gasteiger partial charge in [0.25, 0.3) is 11.1 Å². The molecular weight excluding hydrogens is 238 g/mol. The van der Waals surface area contributed by atoms with Crippen molar-refractivity contribution >= 4 is 23.4 Å². The zero-order valence-corrected chi connectivity index (χ0v) is 9.95. The Balaban J connectivity index is 2.29. The Labute approximate surface area is 102 Å². The second kappa shape index (κ2) is 4.92. The second-order valence-electron chi connectivity index (χ2n) is 3.23. The van der Waals surface area contributed by atoms with E-state index in [1.807, 2.05) is 0 Å². The number of aromatic nitrogens is 1. The average molecular weight is 249 g/mol. The first-order chi connectivity index (χ1) is 8.20. The van der Waals surface area contributed by atoms with Gasteiger partial charge in [0.05, 0.1) is 6.20 Å². The molecule has 0 bridgehead atoms. The lowest BCUT2D eigenvalue weighted by Crippen LogP contribution is -2.17. The van der Waals surface area contributed by atoms with E-state index in [4.69, 9.17) is 10.2 Å². The summed E-state index contributed by atoms with van der Waals surface area (Å²) in [7, 11) is 1.58. The Hall–Kier alpha value is -1.95. The van der Waals surface area contributed by atoms with Crippen molar-refractivity contribution in [3.63, 3.8) is 0 Å². The summed E-state index contributed by atoms with van der Waals surface area (Å²) < 4.78 is 5.11. The Morgan fingerprint density at radius 1 is 1.53 bits per heavy atom. The Kier molecular flexibility index (Phi) is 3.34. The SMILES string of the molecule is CNC(=O)c1ccc(N)c(Sc2ncco2)c1. The molecule has 1 aromatic carbocycles. The Morgan fingerprint density at radius 2 is 2.35 bits per heavy atom. The van der Waals surface area contributed by atoms with Gasteiger partial charge in [-0.1, -0.05) is 0 Å². The summed E-state index contributed by atoms with van der Waals surface area (Å²) in [4.78, 5) is 16.2. The van der Waals surface area contributed by atoms with Crippen LogP contribution in [0.2, 0.25) is 0 Å². The maximum atomic E-state index is 11.5. The predicted octanol–water partition coefficient (Wildman–Crippen LogP) is 1.77. The van der Waals surface area contributed by atoms with Gasteiger partial charge in [-0.3, -0.25) is 4.79 Å². The molecule has 1 amide bonds. The molecule has 3 N–H and O–H groups in total. The molecule has 0 aliphatic rings. The van der Waals surface area contributed by atoms with Crippen molar-refractivity contribution < 1.29 is 9.21 Å². The molecule has 0 spiro atoms. The van der Waals surface area contributed by atoms with Gasteiger partial charge in [0.15, 0.2) is 0 Å². The van der Waals surface area contributed by atoms with Crippen LogP contribution in [0.15, 0.2) is 45.2 Å². The second-order valence-corrected chi connectivity index (χ2v) is 4.22. The Morgan fingerprint density at radius 3 is 3.00 bits per heavy atom. The lowest BCUT2D eigenvalue weighted by Gasteiger charge is -2.05. The number of amides is 1. The van der Waals surface area contributed by atoms with Gasteiger partial charge in [0.2, 0.25) is 0 Å². The number of anilines is 1. The molecule has 1 aromatic heterocycles. The molecule has 88 valence electrons. The molecule has 2 rings (SSSR count). The largest absolute Gasteiger partial charge is 0.440 e. The number of nitrogens with one attached hydrogen (secondary N) is 1. The highest BCUT2D eigenvalue weighted by atomic mass is 32.2. The van der Waals surface area contributed by atoms with Crippen LogP contribution in [0.4, 0.5) is 5.69 Å². The van der Waals surface area contributed by atoms with Crippen LogP contribution >= 0.6 is 11.8 Å². The van der Waals surface area contributed by atoms with Crippen molar-refractivity contribution in [2.24, 2.45) is 0 Å². The third-order valence-electron chi connectivity index (χ3n) is 2.11. The number of hydrogen-bond donors (Lipinski definition) is 2. The van der Waals surface area contributed by atoms with Gasteiger partial charge < -0.3 is 15.5 Å². The van der Waals surface area contributed by atoms with E-state index >= 15 is 0 Å². The monoisotopic (exact) mass is 249 g/mol. The molecule has 17 heavy (non-hydrogen) atoms. The van der Waals surface area contributed by atoms with Crippen LogP contribution in [0.3, 0.4) is 0 Å². The van der Waals surface area contributed by atoms with Gasteiger partial charge in [0.1, 0.15) is 6.26 Å². The number of rotatable bonds is 3. The van der Waals surface area contributed by atoms with Crippen LogP contribution in [-0.4, -0.2) is 17.9 Å². The van der Waals surface area contributed by atoms with Gasteiger partial charge >= 0.3 is 0 Å². The highest BCUT2D eigenvalue weighted by Crippen LogP contribution is 2.31. The summed E-state index contributed by atoms with van der Waals surface area (Å²) in [6.45, 7) is 0. The summed E-state index contributed by atoms with van der Waals surface area (Å²) in [6.07, 6.45) is 3.04. The van der Waals surface area contributed by atoms with E-state index in [1.54, 1.807) is 31.4 Å². The fraction of sp³-hybridized carbons (Fsp3) is 0.0909. The zero-order chi connectivity index (χ0) is 12.3. The molecule has 0 fully saturated rings. The summed E-state index contributed by atoms with van der Waals surface area (Å²) in [5.74, 6) is -0.153. The molecule has 0 aliphatic heterocycles. The van der Waals surface area contributed by atoms with E-state index < -0.39 is 0 Å². The molecule has 0 atom stereocenters. The maximum absolute atomic E-state index is 11.5. The van der Waals surface area contributed by atoms with Gasteiger partial charge in [-0.15, -0.1) is 0 Å². The normalized spacial score (nSPS) is 10.2. The molecule has 0 saturated heterocycles. The van der Waals surface area contributed by atoms with Crippen LogP contribution in [0, 0.1) is 0 Å². The third kappa shape index (κ3) is 2.59. The number of oxazole rings is 1. The highest BCUT2D eigenvalue weighted by molar-refractivity contribution is 7.99. The van der Waals surface area contributed by atoms with E-state index in [-0.39, 0.29) is 5.91 Å². The van der Waals surface area contributed by atoms with Crippen molar-refractivity contribution in [2.75, 3.05) is 12.8 Å². The van der Waals surface area contributed by atoms with E-state index in [2.05, 4.69) is 10.3 Å². The smallest absolute Gasteiger partial charge is 0.260 e. The van der Waals surface area contributed by atoms with Crippen molar-refractivity contribution in [3.05, 3.63) is 36.2 Å². The summed E-state index contributed by atoms with van der Waals surface area (Å²) in [5.41, 5.74) is 6.96. The minimum Gasteiger partial charge on any atom is -0.440 e. The molecule has 0 saturated carbocycles. The summed E-state index contributed by atoms with van der Waals surface area (Å²) in [5, 5.41) is 3.05. The van der Waals surface area contributed by atoms with Crippen molar-refractivity contribution in [1.82, 2.24) is 10.3 Å². The number of nitrogens with zero attached hydrogens (tertiary/aromatic N) is 1. The number of benzene rings is 1. The minimum atomic E-state index is -0.153. The molecule has 2 aromatic rings. The number of carbonyl (C=O) groups excluding carboxylic acids is 1. The zero-order valence-electron chi connectivity index (χ0n) is 9.14. The van der Waals surface area contributed by atoms with E-state index in [1.165, 1.54) is 18.0 Å². The van der Waals surface area contributed by atoms with Gasteiger partial charge in [-0.2, -0.15) is 0 Å². The number of nitrogens with two attached hydrogens (primary N) is 1.